The molecule has 4 N–H and O–H groups in total. The van der Waals surface area contributed by atoms with Crippen LogP contribution >= 0.6 is 0 Å². The highest BCUT2D eigenvalue weighted by atomic mass is 16.3. The van der Waals surface area contributed by atoms with Gasteiger partial charge in [0.25, 0.3) is 0 Å². The molecule has 0 bridgehead atoms. The van der Waals surface area contributed by atoms with Crippen LogP contribution in [0.3, 0.4) is 0 Å². The van der Waals surface area contributed by atoms with E-state index in [1.807, 2.05) is 6.08 Å². The van der Waals surface area contributed by atoms with Crippen molar-refractivity contribution in [3.63, 3.8) is 0 Å². The molecule has 0 aromatic heterocycles. The van der Waals surface area contributed by atoms with Gasteiger partial charge in [0.2, 0.25) is 5.91 Å². The third-order valence-corrected chi connectivity index (χ3v) is 12.1. The molecule has 0 aliphatic heterocycles. The molecule has 56 heavy (non-hydrogen) atoms. The Morgan fingerprint density at radius 2 is 0.732 bits per heavy atom. The van der Waals surface area contributed by atoms with Crippen molar-refractivity contribution in [1.29, 1.82) is 0 Å². The maximum Gasteiger partial charge on any atom is 0.222 e. The fourth-order valence-electron chi connectivity index (χ4n) is 8.17. The lowest BCUT2D eigenvalue weighted by atomic mass is 10.0. The van der Waals surface area contributed by atoms with E-state index in [-0.39, 0.29) is 18.9 Å². The van der Waals surface area contributed by atoms with Crippen LogP contribution in [0.1, 0.15) is 284 Å². The number of unbranched alkanes of at least 4 members (excludes halogenated alkanes) is 38. The Hall–Kier alpha value is -0.910. The Bertz CT molecular complexity index is 788. The summed E-state index contributed by atoms with van der Waals surface area (Å²) in [6.45, 7) is 4.24. The standard InChI is InChI=1S/C51H101NO4/c1-3-5-7-9-11-13-15-17-19-21-22-23-24-25-26-27-29-30-32-34-36-38-40-42-44-48(54)46-51(56)52-49(47-53)50(55)45-43-41-39-37-35-33-31-28-20-18-16-14-12-10-8-6-4-2/h43,45,48-50,53-55H,3-42,44,46-47H2,1-2H3,(H,52,56)/b45-43+. The number of carbonyl (C=O) groups excluding carboxylic acids is 1. The Kier molecular flexibility index (Phi) is 46.0. The van der Waals surface area contributed by atoms with Crippen LogP contribution in [-0.2, 0) is 4.79 Å². The summed E-state index contributed by atoms with van der Waals surface area (Å²) in [4.78, 5) is 12.5. The lowest BCUT2D eigenvalue weighted by Crippen LogP contribution is -2.45. The molecule has 5 heteroatoms. The van der Waals surface area contributed by atoms with E-state index in [4.69, 9.17) is 0 Å². The normalized spacial score (nSPS) is 13.4. The average Bonchev–Trinajstić information content (AvgIpc) is 3.19. The van der Waals surface area contributed by atoms with Gasteiger partial charge in [-0.2, -0.15) is 0 Å². The molecule has 0 aromatic rings. The monoisotopic (exact) mass is 792 g/mol. The fourth-order valence-corrected chi connectivity index (χ4v) is 8.17. The van der Waals surface area contributed by atoms with E-state index in [1.165, 1.54) is 231 Å². The van der Waals surface area contributed by atoms with E-state index in [1.54, 1.807) is 6.08 Å². The number of rotatable bonds is 47. The Balaban J connectivity index is 3.56. The van der Waals surface area contributed by atoms with E-state index in [9.17, 15) is 20.1 Å². The lowest BCUT2D eigenvalue weighted by Gasteiger charge is -2.21. The van der Waals surface area contributed by atoms with Crippen molar-refractivity contribution >= 4 is 5.91 Å². The maximum absolute atomic E-state index is 12.5. The first-order chi connectivity index (χ1) is 27.5. The number of aliphatic hydroxyl groups excluding tert-OH is 3. The summed E-state index contributed by atoms with van der Waals surface area (Å²) in [5.41, 5.74) is 0. The predicted molar refractivity (Wildman–Crippen MR) is 245 cm³/mol. The largest absolute Gasteiger partial charge is 0.394 e. The third kappa shape index (κ3) is 42.7. The number of carbonyl (C=O) groups is 1. The van der Waals surface area contributed by atoms with Gasteiger partial charge in [-0.1, -0.05) is 270 Å². The zero-order valence-electron chi connectivity index (χ0n) is 38.0. The van der Waals surface area contributed by atoms with Gasteiger partial charge >= 0.3 is 0 Å². The van der Waals surface area contributed by atoms with Crippen molar-refractivity contribution in [3.05, 3.63) is 12.2 Å². The summed E-state index contributed by atoms with van der Waals surface area (Å²) in [5, 5.41) is 33.4. The molecule has 3 unspecified atom stereocenters. The number of hydrogen-bond acceptors (Lipinski definition) is 4. The second kappa shape index (κ2) is 46.8. The molecular formula is C51H101NO4. The van der Waals surface area contributed by atoms with Gasteiger partial charge < -0.3 is 20.6 Å². The minimum atomic E-state index is -0.925. The fraction of sp³-hybridized carbons (Fsp3) is 0.941. The van der Waals surface area contributed by atoms with Gasteiger partial charge in [-0.05, 0) is 19.3 Å². The highest BCUT2D eigenvalue weighted by Gasteiger charge is 2.20. The molecule has 0 aliphatic carbocycles. The lowest BCUT2D eigenvalue weighted by molar-refractivity contribution is -0.124. The highest BCUT2D eigenvalue weighted by Crippen LogP contribution is 2.17. The summed E-state index contributed by atoms with van der Waals surface area (Å²) in [7, 11) is 0. The molecule has 0 fully saturated rings. The summed E-state index contributed by atoms with van der Waals surface area (Å²) in [6.07, 6.45) is 56.6. The topological polar surface area (TPSA) is 89.8 Å². The second-order valence-corrected chi connectivity index (χ2v) is 17.8. The van der Waals surface area contributed by atoms with Crippen LogP contribution in [0.4, 0.5) is 0 Å². The first kappa shape index (κ1) is 55.1. The van der Waals surface area contributed by atoms with Crippen molar-refractivity contribution in [2.24, 2.45) is 0 Å². The number of amides is 1. The van der Waals surface area contributed by atoms with Crippen molar-refractivity contribution in [2.75, 3.05) is 6.61 Å². The van der Waals surface area contributed by atoms with Crippen LogP contribution in [0.25, 0.3) is 0 Å². The molecule has 0 aromatic carbocycles. The summed E-state index contributed by atoms with van der Waals surface area (Å²) in [6, 6.07) is -0.740. The number of aliphatic hydroxyl groups is 3. The van der Waals surface area contributed by atoms with E-state index >= 15 is 0 Å². The molecule has 0 radical (unpaired) electrons. The molecule has 5 nitrogen and oxygen atoms in total. The maximum atomic E-state index is 12.5. The SMILES string of the molecule is CCCCCCCCCCCCCCCCC/C=C/C(O)C(CO)NC(=O)CC(O)CCCCCCCCCCCCCCCCCCCCCCCCCC. The summed E-state index contributed by atoms with van der Waals surface area (Å²) >= 11 is 0. The van der Waals surface area contributed by atoms with E-state index in [0.29, 0.717) is 6.42 Å². The summed E-state index contributed by atoms with van der Waals surface area (Å²) in [5.74, 6) is -0.309. The van der Waals surface area contributed by atoms with Crippen molar-refractivity contribution < 1.29 is 20.1 Å². The minimum Gasteiger partial charge on any atom is -0.394 e. The molecule has 0 heterocycles. The molecule has 3 atom stereocenters. The van der Waals surface area contributed by atoms with Gasteiger partial charge in [0, 0.05) is 0 Å². The smallest absolute Gasteiger partial charge is 0.222 e. The summed E-state index contributed by atoms with van der Waals surface area (Å²) < 4.78 is 0. The number of nitrogens with one attached hydrogen (secondary N) is 1. The number of hydrogen-bond donors (Lipinski definition) is 4. The van der Waals surface area contributed by atoms with Crippen molar-refractivity contribution in [3.8, 4) is 0 Å². The minimum absolute atomic E-state index is 0.0193. The molecular weight excluding hydrogens is 691 g/mol. The quantitative estimate of drug-likeness (QED) is 0.0365. The van der Waals surface area contributed by atoms with Gasteiger partial charge in [-0.3, -0.25) is 4.79 Å². The van der Waals surface area contributed by atoms with Crippen LogP contribution in [0.2, 0.25) is 0 Å². The third-order valence-electron chi connectivity index (χ3n) is 12.1. The molecule has 0 saturated heterocycles. The van der Waals surface area contributed by atoms with Gasteiger partial charge in [-0.25, -0.2) is 0 Å². The van der Waals surface area contributed by atoms with E-state index < -0.39 is 18.2 Å². The Morgan fingerprint density at radius 1 is 0.446 bits per heavy atom. The molecule has 334 valence electrons. The number of allylic oxidation sites excluding steroid dienone is 1. The molecule has 0 rings (SSSR count). The van der Waals surface area contributed by atoms with Gasteiger partial charge in [0.05, 0.1) is 31.3 Å². The van der Waals surface area contributed by atoms with E-state index in [2.05, 4.69) is 19.2 Å². The molecule has 0 aliphatic rings. The van der Waals surface area contributed by atoms with Crippen molar-refractivity contribution in [2.45, 2.75) is 302 Å². The molecule has 0 saturated carbocycles. The Labute approximate surface area is 350 Å². The highest BCUT2D eigenvalue weighted by molar-refractivity contribution is 5.76. The molecule has 0 spiro atoms. The van der Waals surface area contributed by atoms with E-state index in [0.717, 1.165) is 25.7 Å². The predicted octanol–water partition coefficient (Wildman–Crippen LogP) is 15.2. The van der Waals surface area contributed by atoms with Crippen LogP contribution in [0.5, 0.6) is 0 Å². The van der Waals surface area contributed by atoms with Crippen LogP contribution < -0.4 is 5.32 Å². The zero-order chi connectivity index (χ0) is 40.8. The van der Waals surface area contributed by atoms with Gasteiger partial charge in [-0.15, -0.1) is 0 Å². The van der Waals surface area contributed by atoms with Crippen molar-refractivity contribution in [1.82, 2.24) is 5.32 Å². The average molecular weight is 792 g/mol. The second-order valence-electron chi connectivity index (χ2n) is 17.8. The zero-order valence-corrected chi connectivity index (χ0v) is 38.0. The first-order valence-corrected chi connectivity index (χ1v) is 25.5. The van der Waals surface area contributed by atoms with Crippen LogP contribution in [0.15, 0.2) is 12.2 Å². The molecule has 1 amide bonds. The van der Waals surface area contributed by atoms with Gasteiger partial charge in [0.15, 0.2) is 0 Å². The first-order valence-electron chi connectivity index (χ1n) is 25.5. The van der Waals surface area contributed by atoms with Crippen LogP contribution in [-0.4, -0.2) is 46.1 Å². The van der Waals surface area contributed by atoms with Crippen LogP contribution in [0, 0.1) is 0 Å². The van der Waals surface area contributed by atoms with Gasteiger partial charge in [0.1, 0.15) is 0 Å². The Morgan fingerprint density at radius 3 is 1.04 bits per heavy atom.